The fourth-order valence-electron chi connectivity index (χ4n) is 2.28. The van der Waals surface area contributed by atoms with Crippen molar-refractivity contribution in [3.05, 3.63) is 33.8 Å². The molecule has 8 heteroatoms. The quantitative estimate of drug-likeness (QED) is 0.699. The van der Waals surface area contributed by atoms with Gasteiger partial charge in [-0.05, 0) is 37.5 Å². The summed E-state index contributed by atoms with van der Waals surface area (Å²) in [5.41, 5.74) is 0.902. The van der Waals surface area contributed by atoms with Crippen molar-refractivity contribution in [3.8, 4) is 0 Å². The maximum atomic E-state index is 11.9. The summed E-state index contributed by atoms with van der Waals surface area (Å²) in [6.07, 6.45) is 2.58. The molecule has 0 heterocycles. The largest absolute Gasteiger partial charge is 0.356 e. The van der Waals surface area contributed by atoms with Crippen LogP contribution in [0.3, 0.4) is 0 Å². The van der Waals surface area contributed by atoms with Crippen molar-refractivity contribution in [1.82, 2.24) is 9.62 Å². The molecular formula is C16H24Cl2N2O3S. The molecule has 0 saturated heterocycles. The molecule has 0 bridgehead atoms. The second-order valence-electron chi connectivity index (χ2n) is 5.72. The van der Waals surface area contributed by atoms with Crippen molar-refractivity contribution in [2.24, 2.45) is 0 Å². The molecule has 0 fully saturated rings. The third-order valence-corrected chi connectivity index (χ3v) is 5.78. The maximum absolute atomic E-state index is 11.9. The zero-order valence-corrected chi connectivity index (χ0v) is 16.5. The molecule has 0 spiro atoms. The molecule has 1 N–H and O–H groups in total. The number of hydrogen-bond donors (Lipinski definition) is 1. The number of rotatable bonds is 9. The second-order valence-corrected chi connectivity index (χ2v) is 8.50. The summed E-state index contributed by atoms with van der Waals surface area (Å²) in [5.74, 6) is -0.183. The van der Waals surface area contributed by atoms with Crippen LogP contribution < -0.4 is 5.32 Å². The van der Waals surface area contributed by atoms with E-state index in [-0.39, 0.29) is 24.9 Å². The zero-order valence-electron chi connectivity index (χ0n) is 14.2. The van der Waals surface area contributed by atoms with Gasteiger partial charge in [-0.2, -0.15) is 4.31 Å². The first-order chi connectivity index (χ1) is 11.1. The van der Waals surface area contributed by atoms with Crippen LogP contribution in [0.25, 0.3) is 0 Å². The van der Waals surface area contributed by atoms with Crippen molar-refractivity contribution in [2.45, 2.75) is 39.2 Å². The van der Waals surface area contributed by atoms with Gasteiger partial charge in [0.25, 0.3) is 0 Å². The van der Waals surface area contributed by atoms with Gasteiger partial charge in [-0.25, -0.2) is 8.42 Å². The Labute approximate surface area is 154 Å². The predicted octanol–water partition coefficient (Wildman–Crippen LogP) is 3.10. The Bertz CT molecular complexity index is 665. The molecule has 0 aliphatic heterocycles. The molecule has 1 aromatic rings. The van der Waals surface area contributed by atoms with E-state index in [9.17, 15) is 13.2 Å². The molecule has 1 unspecified atom stereocenters. The van der Waals surface area contributed by atoms with E-state index in [1.54, 1.807) is 12.1 Å². The highest BCUT2D eigenvalue weighted by Gasteiger charge is 2.22. The van der Waals surface area contributed by atoms with Crippen LogP contribution in [0.2, 0.25) is 10.0 Å². The van der Waals surface area contributed by atoms with Gasteiger partial charge in [0.2, 0.25) is 15.9 Å². The molecule has 0 aromatic heterocycles. The third-order valence-electron chi connectivity index (χ3n) is 3.80. The van der Waals surface area contributed by atoms with Crippen LogP contribution in [-0.4, -0.2) is 44.0 Å². The molecule has 24 heavy (non-hydrogen) atoms. The Balaban J connectivity index is 2.46. The molecule has 0 aliphatic rings. The fraction of sp³-hybridized carbons (Fsp3) is 0.562. The van der Waals surface area contributed by atoms with E-state index in [4.69, 9.17) is 23.2 Å². The lowest BCUT2D eigenvalue weighted by Crippen LogP contribution is -2.40. The van der Waals surface area contributed by atoms with Crippen molar-refractivity contribution in [2.75, 3.05) is 19.3 Å². The Hall–Kier alpha value is -0.820. The lowest BCUT2D eigenvalue weighted by atomic mass is 10.1. The van der Waals surface area contributed by atoms with Gasteiger partial charge < -0.3 is 5.32 Å². The second kappa shape index (κ2) is 9.61. The summed E-state index contributed by atoms with van der Waals surface area (Å²) in [4.78, 5) is 11.9. The average molecular weight is 395 g/mol. The Morgan fingerprint density at radius 1 is 1.33 bits per heavy atom. The van der Waals surface area contributed by atoms with E-state index in [0.29, 0.717) is 29.4 Å². The topological polar surface area (TPSA) is 66.5 Å². The van der Waals surface area contributed by atoms with Gasteiger partial charge in [0.15, 0.2) is 0 Å². The van der Waals surface area contributed by atoms with Crippen molar-refractivity contribution in [1.29, 1.82) is 0 Å². The lowest BCUT2D eigenvalue weighted by Gasteiger charge is -2.25. The molecule has 1 aromatic carbocycles. The van der Waals surface area contributed by atoms with Gasteiger partial charge in [0.1, 0.15) is 0 Å². The SMILES string of the molecule is CCC(C)N(CCC(=O)NCCc1ccc(Cl)cc1Cl)S(C)(=O)=O. The van der Waals surface area contributed by atoms with Gasteiger partial charge in [-0.3, -0.25) is 4.79 Å². The maximum Gasteiger partial charge on any atom is 0.221 e. The monoisotopic (exact) mass is 394 g/mol. The smallest absolute Gasteiger partial charge is 0.221 e. The molecule has 5 nitrogen and oxygen atoms in total. The van der Waals surface area contributed by atoms with Gasteiger partial charge in [-0.15, -0.1) is 0 Å². The Morgan fingerprint density at radius 3 is 2.54 bits per heavy atom. The zero-order chi connectivity index (χ0) is 18.3. The average Bonchev–Trinajstić information content (AvgIpc) is 2.48. The highest BCUT2D eigenvalue weighted by Crippen LogP contribution is 2.21. The van der Waals surface area contributed by atoms with E-state index >= 15 is 0 Å². The molecule has 0 aliphatic carbocycles. The number of nitrogens with one attached hydrogen (secondary N) is 1. The summed E-state index contributed by atoms with van der Waals surface area (Å²) < 4.78 is 24.9. The number of nitrogens with zero attached hydrogens (tertiary/aromatic N) is 1. The summed E-state index contributed by atoms with van der Waals surface area (Å²) in [6.45, 7) is 4.37. The molecule has 1 amide bonds. The van der Waals surface area contributed by atoms with E-state index < -0.39 is 10.0 Å². The first-order valence-electron chi connectivity index (χ1n) is 7.82. The summed E-state index contributed by atoms with van der Waals surface area (Å²) in [6, 6.07) is 5.11. The van der Waals surface area contributed by atoms with Crippen LogP contribution in [0.1, 0.15) is 32.3 Å². The summed E-state index contributed by atoms with van der Waals surface area (Å²) >= 11 is 11.9. The van der Waals surface area contributed by atoms with Crippen molar-refractivity contribution in [3.63, 3.8) is 0 Å². The van der Waals surface area contributed by atoms with Gasteiger partial charge >= 0.3 is 0 Å². The van der Waals surface area contributed by atoms with E-state index in [2.05, 4.69) is 5.32 Å². The van der Waals surface area contributed by atoms with Gasteiger partial charge in [-0.1, -0.05) is 36.2 Å². The van der Waals surface area contributed by atoms with Crippen LogP contribution in [0.15, 0.2) is 18.2 Å². The van der Waals surface area contributed by atoms with E-state index in [1.165, 1.54) is 10.6 Å². The highest BCUT2D eigenvalue weighted by molar-refractivity contribution is 7.88. The number of sulfonamides is 1. The Kier molecular flexibility index (Phi) is 8.50. The molecular weight excluding hydrogens is 371 g/mol. The number of halogens is 2. The summed E-state index contributed by atoms with van der Waals surface area (Å²) in [5, 5.41) is 3.92. The van der Waals surface area contributed by atoms with Crippen LogP contribution in [0.5, 0.6) is 0 Å². The number of amides is 1. The molecule has 1 rings (SSSR count). The van der Waals surface area contributed by atoms with E-state index in [0.717, 1.165) is 5.56 Å². The Morgan fingerprint density at radius 2 is 2.00 bits per heavy atom. The minimum absolute atomic E-state index is 0.124. The van der Waals surface area contributed by atoms with Crippen molar-refractivity contribution >= 4 is 39.1 Å². The number of benzene rings is 1. The third kappa shape index (κ3) is 6.97. The first kappa shape index (κ1) is 21.2. The van der Waals surface area contributed by atoms with E-state index in [1.807, 2.05) is 19.9 Å². The normalized spacial score (nSPS) is 13.1. The van der Waals surface area contributed by atoms with Crippen LogP contribution in [0, 0.1) is 0 Å². The van der Waals surface area contributed by atoms with Gasteiger partial charge in [0, 0.05) is 35.6 Å². The molecule has 0 saturated carbocycles. The standard InChI is InChI=1S/C16H24Cl2N2O3S/c1-4-12(2)20(24(3,22)23)10-8-16(21)19-9-7-13-5-6-14(17)11-15(13)18/h5-6,11-12H,4,7-10H2,1-3H3,(H,19,21). The molecule has 136 valence electrons. The highest BCUT2D eigenvalue weighted by atomic mass is 35.5. The minimum Gasteiger partial charge on any atom is -0.356 e. The lowest BCUT2D eigenvalue weighted by molar-refractivity contribution is -0.121. The number of hydrogen-bond acceptors (Lipinski definition) is 3. The van der Waals surface area contributed by atoms with Crippen LogP contribution >= 0.6 is 23.2 Å². The van der Waals surface area contributed by atoms with Gasteiger partial charge in [0.05, 0.1) is 6.26 Å². The molecule has 0 radical (unpaired) electrons. The first-order valence-corrected chi connectivity index (χ1v) is 10.4. The fourth-order valence-corrected chi connectivity index (χ4v) is 4.01. The number of carbonyl (C=O) groups is 1. The summed E-state index contributed by atoms with van der Waals surface area (Å²) in [7, 11) is -3.32. The number of carbonyl (C=O) groups excluding carboxylic acids is 1. The molecule has 1 atom stereocenters. The predicted molar refractivity (Wildman–Crippen MR) is 99.1 cm³/mol. The van der Waals surface area contributed by atoms with Crippen LogP contribution in [-0.2, 0) is 21.2 Å². The van der Waals surface area contributed by atoms with Crippen molar-refractivity contribution < 1.29 is 13.2 Å². The minimum atomic E-state index is -3.32. The van der Waals surface area contributed by atoms with Crippen LogP contribution in [0.4, 0.5) is 0 Å².